The number of nitriles is 1. The van der Waals surface area contributed by atoms with Gasteiger partial charge < -0.3 is 5.32 Å². The van der Waals surface area contributed by atoms with Crippen LogP contribution in [0.25, 0.3) is 0 Å². The van der Waals surface area contributed by atoms with Crippen LogP contribution in [0.5, 0.6) is 0 Å². The standard InChI is InChI=1S/C14H12N4O3/c15-9-10-2-1-3-11(8-10)16-12(19)6-7-18-14(21)5-4-13(20)17-18/h1-5,8H,6-7H2,(H,16,19)(H,17,20). The van der Waals surface area contributed by atoms with Gasteiger partial charge in [-0.15, -0.1) is 0 Å². The zero-order chi connectivity index (χ0) is 15.2. The monoisotopic (exact) mass is 284 g/mol. The van der Waals surface area contributed by atoms with Gasteiger partial charge >= 0.3 is 0 Å². The molecule has 0 unspecified atom stereocenters. The molecule has 106 valence electrons. The Morgan fingerprint density at radius 1 is 1.29 bits per heavy atom. The van der Waals surface area contributed by atoms with Crippen LogP contribution in [0.4, 0.5) is 5.69 Å². The van der Waals surface area contributed by atoms with Gasteiger partial charge in [0, 0.05) is 24.2 Å². The van der Waals surface area contributed by atoms with Gasteiger partial charge in [0.1, 0.15) is 0 Å². The van der Waals surface area contributed by atoms with Crippen LogP contribution >= 0.6 is 0 Å². The summed E-state index contributed by atoms with van der Waals surface area (Å²) in [6, 6.07) is 10.8. The molecule has 2 aromatic rings. The van der Waals surface area contributed by atoms with Gasteiger partial charge in [-0.1, -0.05) is 6.07 Å². The number of hydrogen-bond acceptors (Lipinski definition) is 4. The first kappa shape index (κ1) is 14.3. The third kappa shape index (κ3) is 3.91. The van der Waals surface area contributed by atoms with Gasteiger partial charge in [-0.3, -0.25) is 19.5 Å². The molecule has 2 rings (SSSR count). The third-order valence-electron chi connectivity index (χ3n) is 2.73. The van der Waals surface area contributed by atoms with Gasteiger partial charge in [0.25, 0.3) is 11.1 Å². The molecule has 0 bridgehead atoms. The number of H-pyrrole nitrogens is 1. The molecular formula is C14H12N4O3. The smallest absolute Gasteiger partial charge is 0.265 e. The maximum Gasteiger partial charge on any atom is 0.265 e. The first-order chi connectivity index (χ1) is 10.1. The van der Waals surface area contributed by atoms with Crippen molar-refractivity contribution >= 4 is 11.6 Å². The fraction of sp³-hybridized carbons (Fsp3) is 0.143. The van der Waals surface area contributed by atoms with Crippen molar-refractivity contribution in [2.24, 2.45) is 0 Å². The first-order valence-corrected chi connectivity index (χ1v) is 6.19. The second-order valence-electron chi connectivity index (χ2n) is 4.29. The Kier molecular flexibility index (Phi) is 4.31. The average molecular weight is 284 g/mol. The van der Waals surface area contributed by atoms with Crippen molar-refractivity contribution < 1.29 is 4.79 Å². The van der Waals surface area contributed by atoms with Crippen molar-refractivity contribution in [3.63, 3.8) is 0 Å². The Labute approximate surface area is 119 Å². The Morgan fingerprint density at radius 2 is 2.10 bits per heavy atom. The van der Waals surface area contributed by atoms with E-state index in [0.29, 0.717) is 11.3 Å². The van der Waals surface area contributed by atoms with Gasteiger partial charge in [0.05, 0.1) is 18.2 Å². The summed E-state index contributed by atoms with van der Waals surface area (Å²) in [6.45, 7) is 0.0681. The van der Waals surface area contributed by atoms with Gasteiger partial charge in [-0.05, 0) is 18.2 Å². The van der Waals surface area contributed by atoms with Crippen LogP contribution in [0.15, 0.2) is 46.0 Å². The molecule has 1 amide bonds. The molecule has 0 aliphatic carbocycles. The minimum absolute atomic E-state index is 0.0244. The predicted molar refractivity (Wildman–Crippen MR) is 75.7 cm³/mol. The van der Waals surface area contributed by atoms with Gasteiger partial charge in [-0.25, -0.2) is 4.68 Å². The second-order valence-corrected chi connectivity index (χ2v) is 4.29. The van der Waals surface area contributed by atoms with Crippen molar-refractivity contribution in [1.82, 2.24) is 9.78 Å². The number of benzene rings is 1. The average Bonchev–Trinajstić information content (AvgIpc) is 2.48. The highest BCUT2D eigenvalue weighted by atomic mass is 16.2. The lowest BCUT2D eigenvalue weighted by Crippen LogP contribution is -2.29. The summed E-state index contributed by atoms with van der Waals surface area (Å²) in [6.07, 6.45) is 0.0244. The van der Waals surface area contributed by atoms with E-state index in [4.69, 9.17) is 5.26 Å². The van der Waals surface area contributed by atoms with Crippen molar-refractivity contribution in [3.8, 4) is 6.07 Å². The number of anilines is 1. The molecule has 1 aromatic heterocycles. The summed E-state index contributed by atoms with van der Waals surface area (Å²) in [5.41, 5.74) is 0.162. The molecule has 21 heavy (non-hydrogen) atoms. The number of aryl methyl sites for hydroxylation is 1. The van der Waals surface area contributed by atoms with Crippen molar-refractivity contribution in [2.75, 3.05) is 5.32 Å². The van der Waals surface area contributed by atoms with E-state index in [0.717, 1.165) is 16.8 Å². The fourth-order valence-electron chi connectivity index (χ4n) is 1.73. The number of carbonyl (C=O) groups is 1. The van der Waals surface area contributed by atoms with E-state index in [1.54, 1.807) is 24.3 Å². The molecule has 0 radical (unpaired) electrons. The van der Waals surface area contributed by atoms with E-state index in [2.05, 4.69) is 10.4 Å². The summed E-state index contributed by atoms with van der Waals surface area (Å²) in [7, 11) is 0. The van der Waals surface area contributed by atoms with Crippen LogP contribution < -0.4 is 16.4 Å². The molecule has 2 N–H and O–H groups in total. The highest BCUT2D eigenvalue weighted by Gasteiger charge is 2.05. The molecule has 7 nitrogen and oxygen atoms in total. The molecule has 0 spiro atoms. The topological polar surface area (TPSA) is 108 Å². The molecule has 7 heteroatoms. The zero-order valence-corrected chi connectivity index (χ0v) is 11.0. The largest absolute Gasteiger partial charge is 0.326 e. The van der Waals surface area contributed by atoms with Gasteiger partial charge in [0.2, 0.25) is 5.91 Å². The molecule has 1 heterocycles. The Bertz CT molecular complexity index is 814. The lowest BCUT2D eigenvalue weighted by atomic mass is 10.2. The molecule has 0 fully saturated rings. The highest BCUT2D eigenvalue weighted by molar-refractivity contribution is 5.90. The van der Waals surface area contributed by atoms with Crippen molar-refractivity contribution in [3.05, 3.63) is 62.7 Å². The summed E-state index contributed by atoms with van der Waals surface area (Å²) < 4.78 is 1.08. The Morgan fingerprint density at radius 3 is 2.86 bits per heavy atom. The second kappa shape index (κ2) is 6.34. The van der Waals surface area contributed by atoms with E-state index < -0.39 is 5.56 Å². The van der Waals surface area contributed by atoms with E-state index in [1.165, 1.54) is 0 Å². The van der Waals surface area contributed by atoms with Gasteiger partial charge in [0.15, 0.2) is 0 Å². The summed E-state index contributed by atoms with van der Waals surface area (Å²) in [4.78, 5) is 34.3. The summed E-state index contributed by atoms with van der Waals surface area (Å²) in [5.74, 6) is -0.318. The summed E-state index contributed by atoms with van der Waals surface area (Å²) >= 11 is 0. The minimum atomic E-state index is -0.406. The van der Waals surface area contributed by atoms with Crippen LogP contribution in [-0.4, -0.2) is 15.7 Å². The summed E-state index contributed by atoms with van der Waals surface area (Å²) in [5, 5.41) is 13.7. The molecule has 0 saturated carbocycles. The van der Waals surface area contributed by atoms with Crippen LogP contribution in [0, 0.1) is 11.3 Å². The molecule has 0 atom stereocenters. The molecular weight excluding hydrogens is 272 g/mol. The quantitative estimate of drug-likeness (QED) is 0.849. The van der Waals surface area contributed by atoms with E-state index in [1.807, 2.05) is 6.07 Å². The normalized spacial score (nSPS) is 9.86. The molecule has 0 aliphatic rings. The minimum Gasteiger partial charge on any atom is -0.326 e. The number of nitrogens with zero attached hydrogens (tertiary/aromatic N) is 2. The fourth-order valence-corrected chi connectivity index (χ4v) is 1.73. The predicted octanol–water partition coefficient (Wildman–Crippen LogP) is 0.437. The Hall–Kier alpha value is -3.14. The van der Waals surface area contributed by atoms with Crippen LogP contribution in [0.3, 0.4) is 0 Å². The zero-order valence-electron chi connectivity index (χ0n) is 11.0. The molecule has 1 aromatic carbocycles. The first-order valence-electron chi connectivity index (χ1n) is 6.19. The highest BCUT2D eigenvalue weighted by Crippen LogP contribution is 2.09. The lowest BCUT2D eigenvalue weighted by molar-refractivity contribution is -0.116. The number of carbonyl (C=O) groups excluding carboxylic acids is 1. The number of aromatic nitrogens is 2. The maximum absolute atomic E-state index is 11.8. The van der Waals surface area contributed by atoms with Gasteiger partial charge in [-0.2, -0.15) is 5.26 Å². The van der Waals surface area contributed by atoms with Crippen molar-refractivity contribution in [2.45, 2.75) is 13.0 Å². The number of amides is 1. The number of hydrogen-bond donors (Lipinski definition) is 2. The van der Waals surface area contributed by atoms with E-state index >= 15 is 0 Å². The molecule has 0 aliphatic heterocycles. The lowest BCUT2D eigenvalue weighted by Gasteiger charge is -2.06. The van der Waals surface area contributed by atoms with Crippen LogP contribution in [0.2, 0.25) is 0 Å². The SMILES string of the molecule is N#Cc1cccc(NC(=O)CCn2[nH]c(=O)ccc2=O)c1. The maximum atomic E-state index is 11.8. The third-order valence-corrected chi connectivity index (χ3v) is 2.73. The number of nitrogens with one attached hydrogen (secondary N) is 2. The van der Waals surface area contributed by atoms with E-state index in [9.17, 15) is 14.4 Å². The Balaban J connectivity index is 1.99. The van der Waals surface area contributed by atoms with E-state index in [-0.39, 0.29) is 24.4 Å². The number of aromatic amines is 1. The number of rotatable bonds is 4. The van der Waals surface area contributed by atoms with Crippen molar-refractivity contribution in [1.29, 1.82) is 5.26 Å². The van der Waals surface area contributed by atoms with Crippen LogP contribution in [0.1, 0.15) is 12.0 Å². The van der Waals surface area contributed by atoms with Crippen LogP contribution in [-0.2, 0) is 11.3 Å². The molecule has 0 saturated heterocycles.